The quantitative estimate of drug-likeness (QED) is 0.406. The highest BCUT2D eigenvalue weighted by Crippen LogP contribution is 2.14. The molecule has 0 aliphatic rings. The fraction of sp³-hybridized carbons (Fsp3) is 0.636. The summed E-state index contributed by atoms with van der Waals surface area (Å²) >= 11 is 0. The lowest BCUT2D eigenvalue weighted by Gasteiger charge is -2.23. The number of amides is 1. The number of carbonyl (C=O) groups is 4. The van der Waals surface area contributed by atoms with Crippen molar-refractivity contribution in [1.82, 2.24) is 5.32 Å². The van der Waals surface area contributed by atoms with Crippen LogP contribution >= 0.6 is 0 Å². The van der Waals surface area contributed by atoms with Crippen LogP contribution in [0.4, 0.5) is 0 Å². The molecule has 0 heterocycles. The number of methoxy groups -OCH3 is 3. The fourth-order valence-corrected chi connectivity index (χ4v) is 1.42. The van der Waals surface area contributed by atoms with Gasteiger partial charge in [-0.1, -0.05) is 0 Å². The molecule has 9 nitrogen and oxygen atoms in total. The first-order chi connectivity index (χ1) is 9.40. The van der Waals surface area contributed by atoms with Gasteiger partial charge in [-0.2, -0.15) is 0 Å². The van der Waals surface area contributed by atoms with Crippen LogP contribution in [0.25, 0.3) is 0 Å². The third-order valence-corrected chi connectivity index (χ3v) is 2.44. The van der Waals surface area contributed by atoms with Gasteiger partial charge in [0.25, 0.3) is 0 Å². The minimum absolute atomic E-state index is 0.491. The Hall–Kier alpha value is -2.16. The van der Waals surface area contributed by atoms with Crippen LogP contribution in [0.2, 0.25) is 0 Å². The van der Waals surface area contributed by atoms with Crippen LogP contribution in [-0.2, 0) is 33.4 Å². The molecule has 0 aliphatic heterocycles. The van der Waals surface area contributed by atoms with Gasteiger partial charge in [0.1, 0.15) is 12.6 Å². The molecule has 0 rings (SSSR count). The van der Waals surface area contributed by atoms with Gasteiger partial charge < -0.3 is 24.6 Å². The zero-order valence-corrected chi connectivity index (χ0v) is 11.4. The number of rotatable bonds is 7. The van der Waals surface area contributed by atoms with E-state index in [0.717, 1.165) is 21.3 Å². The van der Waals surface area contributed by atoms with E-state index in [-0.39, 0.29) is 0 Å². The van der Waals surface area contributed by atoms with Crippen molar-refractivity contribution in [1.29, 1.82) is 0 Å². The number of ether oxygens (including phenoxy) is 3. The molecular weight excluding hydrogens is 274 g/mol. The molecule has 1 amide bonds. The predicted molar refractivity (Wildman–Crippen MR) is 63.2 cm³/mol. The molecule has 0 aromatic heterocycles. The Morgan fingerprint density at radius 2 is 1.55 bits per heavy atom. The molecule has 2 N–H and O–H groups in total. The molecule has 114 valence electrons. The van der Waals surface area contributed by atoms with Crippen LogP contribution < -0.4 is 5.32 Å². The Morgan fingerprint density at radius 1 is 1.00 bits per heavy atom. The Morgan fingerprint density at radius 3 is 1.95 bits per heavy atom. The SMILES string of the molecule is COC(=O)C[C@@H](C(=O)OC)[C@H](NC(=O)CO)C(=O)OC. The van der Waals surface area contributed by atoms with Crippen molar-refractivity contribution in [2.24, 2.45) is 5.92 Å². The highest BCUT2D eigenvalue weighted by Gasteiger charge is 2.38. The van der Waals surface area contributed by atoms with E-state index in [2.05, 4.69) is 19.5 Å². The number of hydrogen-bond donors (Lipinski definition) is 2. The second-order valence-electron chi connectivity index (χ2n) is 3.64. The first kappa shape index (κ1) is 17.8. The van der Waals surface area contributed by atoms with Gasteiger partial charge in [-0.15, -0.1) is 0 Å². The van der Waals surface area contributed by atoms with Crippen molar-refractivity contribution in [3.05, 3.63) is 0 Å². The van der Waals surface area contributed by atoms with Gasteiger partial charge in [0, 0.05) is 0 Å². The third kappa shape index (κ3) is 5.22. The van der Waals surface area contributed by atoms with Gasteiger partial charge in [0.05, 0.1) is 33.7 Å². The highest BCUT2D eigenvalue weighted by molar-refractivity contribution is 5.91. The number of carbonyl (C=O) groups excluding carboxylic acids is 4. The molecule has 0 saturated carbocycles. The minimum atomic E-state index is -1.47. The lowest BCUT2D eigenvalue weighted by Crippen LogP contribution is -2.50. The van der Waals surface area contributed by atoms with E-state index in [1.165, 1.54) is 0 Å². The maximum absolute atomic E-state index is 11.6. The Kier molecular flexibility index (Phi) is 7.90. The summed E-state index contributed by atoms with van der Waals surface area (Å²) in [6, 6.07) is -1.47. The van der Waals surface area contributed by atoms with Gasteiger partial charge >= 0.3 is 17.9 Å². The van der Waals surface area contributed by atoms with Gasteiger partial charge in [-0.25, -0.2) is 4.79 Å². The summed E-state index contributed by atoms with van der Waals surface area (Å²) in [5.41, 5.74) is 0. The monoisotopic (exact) mass is 291 g/mol. The van der Waals surface area contributed by atoms with Crippen LogP contribution in [0.15, 0.2) is 0 Å². The lowest BCUT2D eigenvalue weighted by atomic mass is 9.96. The summed E-state index contributed by atoms with van der Waals surface area (Å²) < 4.78 is 13.3. The van der Waals surface area contributed by atoms with E-state index in [1.807, 2.05) is 0 Å². The molecule has 0 fully saturated rings. The molecule has 0 spiro atoms. The van der Waals surface area contributed by atoms with Gasteiger partial charge in [0.15, 0.2) is 0 Å². The van der Waals surface area contributed by atoms with Gasteiger partial charge in [0.2, 0.25) is 5.91 Å². The molecule has 0 aliphatic carbocycles. The highest BCUT2D eigenvalue weighted by atomic mass is 16.5. The molecule has 0 saturated heterocycles. The average Bonchev–Trinajstić information content (AvgIpc) is 2.48. The summed E-state index contributed by atoms with van der Waals surface area (Å²) in [4.78, 5) is 45.7. The normalized spacial score (nSPS) is 12.8. The largest absolute Gasteiger partial charge is 0.469 e. The molecular formula is C11H17NO8. The molecule has 20 heavy (non-hydrogen) atoms. The van der Waals surface area contributed by atoms with Crippen LogP contribution in [0, 0.1) is 5.92 Å². The first-order valence-corrected chi connectivity index (χ1v) is 5.53. The van der Waals surface area contributed by atoms with Crippen molar-refractivity contribution in [2.45, 2.75) is 12.5 Å². The smallest absolute Gasteiger partial charge is 0.329 e. The number of esters is 3. The number of aliphatic hydroxyl groups is 1. The predicted octanol–water partition coefficient (Wildman–Crippen LogP) is -2.01. The standard InChI is InChI=1S/C11H17NO8/c1-18-8(15)4-6(10(16)19-2)9(11(17)20-3)12-7(14)5-13/h6,9,13H,4-5H2,1-3H3,(H,12,14)/t6-,9+/m1/s1. The Balaban J connectivity index is 5.26. The van der Waals surface area contributed by atoms with Crippen molar-refractivity contribution in [2.75, 3.05) is 27.9 Å². The summed E-state index contributed by atoms with van der Waals surface area (Å²) in [7, 11) is 3.22. The number of nitrogens with one attached hydrogen (secondary N) is 1. The van der Waals surface area contributed by atoms with E-state index < -0.39 is 48.8 Å². The molecule has 0 bridgehead atoms. The topological polar surface area (TPSA) is 128 Å². The summed E-state index contributed by atoms with van der Waals surface area (Å²) in [6.45, 7) is -0.889. The molecule has 2 atom stereocenters. The Bertz CT molecular complexity index is 345. The second-order valence-corrected chi connectivity index (χ2v) is 3.64. The van der Waals surface area contributed by atoms with Crippen molar-refractivity contribution in [3.63, 3.8) is 0 Å². The third-order valence-electron chi connectivity index (χ3n) is 2.44. The van der Waals surface area contributed by atoms with E-state index in [1.54, 1.807) is 0 Å². The molecule has 0 aromatic carbocycles. The van der Waals surface area contributed by atoms with E-state index in [9.17, 15) is 19.2 Å². The zero-order valence-electron chi connectivity index (χ0n) is 11.4. The van der Waals surface area contributed by atoms with Crippen molar-refractivity contribution in [3.8, 4) is 0 Å². The number of hydrogen-bond acceptors (Lipinski definition) is 8. The molecule has 0 aromatic rings. The summed E-state index contributed by atoms with van der Waals surface area (Å²) in [6.07, 6.45) is -0.491. The average molecular weight is 291 g/mol. The minimum Gasteiger partial charge on any atom is -0.469 e. The molecule has 0 unspecified atom stereocenters. The summed E-state index contributed by atoms with van der Waals surface area (Å²) in [5.74, 6) is -4.85. The van der Waals surface area contributed by atoms with Crippen LogP contribution in [0.5, 0.6) is 0 Å². The lowest BCUT2D eigenvalue weighted by molar-refractivity contribution is -0.159. The van der Waals surface area contributed by atoms with Crippen molar-refractivity contribution < 1.29 is 38.5 Å². The van der Waals surface area contributed by atoms with Crippen LogP contribution in [-0.4, -0.2) is 62.9 Å². The maximum Gasteiger partial charge on any atom is 0.329 e. The van der Waals surface area contributed by atoms with E-state index in [4.69, 9.17) is 5.11 Å². The van der Waals surface area contributed by atoms with Crippen LogP contribution in [0.1, 0.15) is 6.42 Å². The zero-order chi connectivity index (χ0) is 15.7. The van der Waals surface area contributed by atoms with E-state index >= 15 is 0 Å². The Labute approximate surface area is 115 Å². The number of aliphatic hydroxyl groups excluding tert-OH is 1. The summed E-state index contributed by atoms with van der Waals surface area (Å²) in [5, 5.41) is 10.8. The molecule has 0 radical (unpaired) electrons. The fourth-order valence-electron chi connectivity index (χ4n) is 1.42. The van der Waals surface area contributed by atoms with E-state index in [0.29, 0.717) is 0 Å². The molecule has 9 heteroatoms. The van der Waals surface area contributed by atoms with Crippen molar-refractivity contribution >= 4 is 23.8 Å². The second kappa shape index (κ2) is 8.86. The van der Waals surface area contributed by atoms with Crippen LogP contribution in [0.3, 0.4) is 0 Å². The maximum atomic E-state index is 11.6. The first-order valence-electron chi connectivity index (χ1n) is 5.53. The van der Waals surface area contributed by atoms with Gasteiger partial charge in [-0.3, -0.25) is 14.4 Å². The van der Waals surface area contributed by atoms with Gasteiger partial charge in [-0.05, 0) is 0 Å².